The van der Waals surface area contributed by atoms with E-state index in [4.69, 9.17) is 11.1 Å². The molecule has 1 aromatic heterocycles. The molecule has 100 valence electrons. The minimum absolute atomic E-state index is 0.132. The summed E-state index contributed by atoms with van der Waals surface area (Å²) in [6, 6.07) is 0. The Balaban J connectivity index is 2.16. The van der Waals surface area contributed by atoms with Gasteiger partial charge in [0.05, 0.1) is 11.8 Å². The zero-order valence-electron chi connectivity index (χ0n) is 9.81. The predicted octanol–water partition coefficient (Wildman–Crippen LogP) is -0.164. The highest BCUT2D eigenvalue weighted by Crippen LogP contribution is 2.17. The number of anilines is 1. The summed E-state index contributed by atoms with van der Waals surface area (Å²) < 4.78 is 27.9. The Morgan fingerprint density at radius 3 is 2.72 bits per heavy atom. The third-order valence-electron chi connectivity index (χ3n) is 2.82. The van der Waals surface area contributed by atoms with Crippen molar-refractivity contribution in [1.29, 1.82) is 5.41 Å². The third-order valence-corrected chi connectivity index (χ3v) is 4.32. The lowest BCUT2D eigenvalue weighted by molar-refractivity contribution is 0.349. The van der Waals surface area contributed by atoms with Crippen molar-refractivity contribution in [2.75, 3.05) is 17.8 Å². The molecule has 0 spiro atoms. The summed E-state index contributed by atoms with van der Waals surface area (Å²) in [5, 5.41) is 13.5. The molecule has 9 heteroatoms. The lowest BCUT2D eigenvalue weighted by Gasteiger charge is -2.25. The fourth-order valence-corrected chi connectivity index (χ4v) is 3.15. The molecule has 2 rings (SSSR count). The molecule has 1 aromatic rings. The van der Waals surface area contributed by atoms with Crippen LogP contribution in [0.4, 0.5) is 5.82 Å². The average molecular weight is 272 g/mol. The van der Waals surface area contributed by atoms with E-state index < -0.39 is 10.2 Å². The minimum atomic E-state index is -3.60. The van der Waals surface area contributed by atoms with Crippen LogP contribution in [0, 0.1) is 5.41 Å². The first-order valence-corrected chi connectivity index (χ1v) is 7.10. The van der Waals surface area contributed by atoms with E-state index >= 15 is 0 Å². The summed E-state index contributed by atoms with van der Waals surface area (Å²) in [6.45, 7) is 1.03. The van der Waals surface area contributed by atoms with Gasteiger partial charge in [-0.25, -0.2) is 0 Å². The van der Waals surface area contributed by atoms with E-state index in [-0.39, 0.29) is 17.2 Å². The fourth-order valence-electron chi connectivity index (χ4n) is 1.87. The topological polar surface area (TPSA) is 128 Å². The molecule has 5 N–H and O–H groups in total. The summed E-state index contributed by atoms with van der Waals surface area (Å²) in [5.74, 6) is -0.104. The van der Waals surface area contributed by atoms with Gasteiger partial charge in [0.1, 0.15) is 11.7 Å². The molecular weight excluding hydrogens is 256 g/mol. The van der Waals surface area contributed by atoms with E-state index in [9.17, 15) is 8.42 Å². The highest BCUT2D eigenvalue weighted by molar-refractivity contribution is 7.90. The Labute approximate surface area is 105 Å². The lowest BCUT2D eigenvalue weighted by Crippen LogP contribution is -2.39. The van der Waals surface area contributed by atoms with Gasteiger partial charge in [0.2, 0.25) is 0 Å². The van der Waals surface area contributed by atoms with Crippen molar-refractivity contribution < 1.29 is 8.42 Å². The molecule has 2 heterocycles. The van der Waals surface area contributed by atoms with E-state index in [2.05, 4.69) is 14.9 Å². The molecule has 18 heavy (non-hydrogen) atoms. The third kappa shape index (κ3) is 2.62. The molecule has 1 saturated heterocycles. The molecule has 0 unspecified atom stereocenters. The Morgan fingerprint density at radius 2 is 2.11 bits per heavy atom. The number of nitrogens with zero attached hydrogens (tertiary/aromatic N) is 2. The molecule has 0 radical (unpaired) electrons. The predicted molar refractivity (Wildman–Crippen MR) is 67.6 cm³/mol. The number of amidine groups is 1. The summed E-state index contributed by atoms with van der Waals surface area (Å²) in [6.07, 6.45) is 4.10. The molecule has 0 saturated carbocycles. The van der Waals surface area contributed by atoms with Gasteiger partial charge in [-0.15, -0.1) is 0 Å². The van der Waals surface area contributed by atoms with E-state index in [0.717, 1.165) is 19.3 Å². The SMILES string of the molecule is N=C(N)c1cn[nH]c1NS(=O)(=O)N1CCCCC1. The minimum Gasteiger partial charge on any atom is -0.384 e. The van der Waals surface area contributed by atoms with Gasteiger partial charge in [0, 0.05) is 13.1 Å². The van der Waals surface area contributed by atoms with Crippen molar-refractivity contribution in [2.24, 2.45) is 5.73 Å². The molecule has 1 fully saturated rings. The normalized spacial score (nSPS) is 17.6. The van der Waals surface area contributed by atoms with E-state index in [1.807, 2.05) is 0 Å². The average Bonchev–Trinajstić information content (AvgIpc) is 2.78. The smallest absolute Gasteiger partial charge is 0.302 e. The Hall–Kier alpha value is -1.61. The van der Waals surface area contributed by atoms with Gasteiger partial charge < -0.3 is 5.73 Å². The molecule has 0 amide bonds. The van der Waals surface area contributed by atoms with Crippen molar-refractivity contribution in [2.45, 2.75) is 19.3 Å². The zero-order valence-corrected chi connectivity index (χ0v) is 10.6. The van der Waals surface area contributed by atoms with Crippen molar-refractivity contribution in [3.63, 3.8) is 0 Å². The molecule has 1 aliphatic heterocycles. The van der Waals surface area contributed by atoms with Gasteiger partial charge in [-0.05, 0) is 12.8 Å². The first-order valence-electron chi connectivity index (χ1n) is 5.66. The molecule has 0 bridgehead atoms. The van der Waals surface area contributed by atoms with Crippen molar-refractivity contribution in [3.05, 3.63) is 11.8 Å². The van der Waals surface area contributed by atoms with Gasteiger partial charge >= 0.3 is 10.2 Å². The van der Waals surface area contributed by atoms with E-state index in [1.165, 1.54) is 10.5 Å². The van der Waals surface area contributed by atoms with Crippen LogP contribution in [0.3, 0.4) is 0 Å². The Kier molecular flexibility index (Phi) is 3.53. The standard InChI is InChI=1S/C9H16N6O2S/c10-8(11)7-6-12-13-9(7)14-18(16,17)15-4-2-1-3-5-15/h6H,1-5H2,(H3,10,11)(H2,12,13,14). The van der Waals surface area contributed by atoms with Crippen LogP contribution in [0.25, 0.3) is 0 Å². The first-order chi connectivity index (χ1) is 8.50. The highest BCUT2D eigenvalue weighted by Gasteiger charge is 2.25. The van der Waals surface area contributed by atoms with Gasteiger partial charge in [-0.2, -0.15) is 17.8 Å². The number of rotatable bonds is 4. The fraction of sp³-hybridized carbons (Fsp3) is 0.556. The highest BCUT2D eigenvalue weighted by atomic mass is 32.2. The number of nitrogens with two attached hydrogens (primary N) is 1. The largest absolute Gasteiger partial charge is 0.384 e. The monoisotopic (exact) mass is 272 g/mol. The zero-order chi connectivity index (χ0) is 13.2. The molecule has 0 atom stereocenters. The van der Waals surface area contributed by atoms with Gasteiger partial charge in [0.25, 0.3) is 0 Å². The summed E-state index contributed by atoms with van der Waals surface area (Å²) in [7, 11) is -3.60. The number of nitrogens with one attached hydrogen (secondary N) is 3. The number of aromatic amines is 1. The Bertz CT molecular complexity index is 531. The second-order valence-electron chi connectivity index (χ2n) is 4.14. The van der Waals surface area contributed by atoms with Crippen LogP contribution >= 0.6 is 0 Å². The van der Waals surface area contributed by atoms with E-state index in [0.29, 0.717) is 13.1 Å². The maximum absolute atomic E-state index is 12.1. The summed E-state index contributed by atoms with van der Waals surface area (Å²) in [4.78, 5) is 0. The van der Waals surface area contributed by atoms with Crippen LogP contribution in [0.2, 0.25) is 0 Å². The van der Waals surface area contributed by atoms with Gasteiger partial charge in [-0.3, -0.25) is 15.2 Å². The lowest BCUT2D eigenvalue weighted by atomic mass is 10.2. The Morgan fingerprint density at radius 1 is 1.44 bits per heavy atom. The second-order valence-corrected chi connectivity index (χ2v) is 5.81. The van der Waals surface area contributed by atoms with Crippen LogP contribution < -0.4 is 10.5 Å². The van der Waals surface area contributed by atoms with Crippen LogP contribution in [0.1, 0.15) is 24.8 Å². The van der Waals surface area contributed by atoms with Crippen molar-refractivity contribution >= 4 is 21.9 Å². The van der Waals surface area contributed by atoms with Crippen LogP contribution in [0.5, 0.6) is 0 Å². The molecule has 0 aromatic carbocycles. The van der Waals surface area contributed by atoms with Crippen LogP contribution in [0.15, 0.2) is 6.20 Å². The van der Waals surface area contributed by atoms with Crippen LogP contribution in [-0.2, 0) is 10.2 Å². The van der Waals surface area contributed by atoms with Gasteiger partial charge in [-0.1, -0.05) is 6.42 Å². The number of nitrogen functional groups attached to an aromatic ring is 1. The van der Waals surface area contributed by atoms with Gasteiger partial charge in [0.15, 0.2) is 0 Å². The number of aromatic nitrogens is 2. The molecule has 8 nitrogen and oxygen atoms in total. The summed E-state index contributed by atoms with van der Waals surface area (Å²) >= 11 is 0. The number of piperidine rings is 1. The van der Waals surface area contributed by atoms with Crippen molar-refractivity contribution in [3.8, 4) is 0 Å². The quantitative estimate of drug-likeness (QED) is 0.448. The maximum atomic E-state index is 12.1. The number of hydrogen-bond acceptors (Lipinski definition) is 4. The second kappa shape index (κ2) is 4.94. The summed E-state index contributed by atoms with van der Waals surface area (Å²) in [5.41, 5.74) is 5.58. The molecule has 1 aliphatic rings. The molecular formula is C9H16N6O2S. The van der Waals surface area contributed by atoms with E-state index in [1.54, 1.807) is 0 Å². The number of H-pyrrole nitrogens is 1. The van der Waals surface area contributed by atoms with Crippen molar-refractivity contribution in [1.82, 2.24) is 14.5 Å². The number of hydrogen-bond donors (Lipinski definition) is 4. The van der Waals surface area contributed by atoms with Crippen LogP contribution in [-0.4, -0.2) is 41.8 Å². The maximum Gasteiger partial charge on any atom is 0.302 e. The first kappa shape index (κ1) is 12.8. The molecule has 0 aliphatic carbocycles.